The van der Waals surface area contributed by atoms with Crippen molar-refractivity contribution in [2.45, 2.75) is 84.2 Å². The maximum atomic E-state index is 12.9. The van der Waals surface area contributed by atoms with E-state index in [1.165, 1.54) is 6.92 Å². The van der Waals surface area contributed by atoms with Gasteiger partial charge in [0.2, 0.25) is 5.78 Å². The van der Waals surface area contributed by atoms with E-state index in [9.17, 15) is 19.5 Å². The number of hydrogen-bond acceptors (Lipinski definition) is 5. The summed E-state index contributed by atoms with van der Waals surface area (Å²) in [5.74, 6) is 1.53. The summed E-state index contributed by atoms with van der Waals surface area (Å²) in [5.41, 5.74) is -1.61. The van der Waals surface area contributed by atoms with Crippen LogP contribution >= 0.6 is 0 Å². The van der Waals surface area contributed by atoms with E-state index in [0.29, 0.717) is 42.3 Å². The van der Waals surface area contributed by atoms with Crippen molar-refractivity contribution in [2.75, 3.05) is 6.61 Å². The van der Waals surface area contributed by atoms with E-state index < -0.39 is 17.0 Å². The number of hydrogen-bond donors (Lipinski definition) is 1. The summed E-state index contributed by atoms with van der Waals surface area (Å²) in [6, 6.07) is 0. The Balaban J connectivity index is 1.57. The molecule has 0 bridgehead atoms. The first kappa shape index (κ1) is 20.1. The molecule has 7 atom stereocenters. The number of rotatable bonds is 3. The van der Waals surface area contributed by atoms with E-state index in [1.807, 2.05) is 0 Å². The smallest absolute Gasteiger partial charge is 0.303 e. The average Bonchev–Trinajstić information content (AvgIpc) is 2.92. The molecule has 5 heteroatoms. The van der Waals surface area contributed by atoms with E-state index in [1.54, 1.807) is 0 Å². The molecule has 5 nitrogen and oxygen atoms in total. The molecule has 4 rings (SSSR count). The molecule has 28 heavy (non-hydrogen) atoms. The molecule has 0 amide bonds. The molecule has 4 saturated carbocycles. The fourth-order valence-corrected chi connectivity index (χ4v) is 7.81. The minimum atomic E-state index is -1.39. The summed E-state index contributed by atoms with van der Waals surface area (Å²) in [6.07, 6.45) is 7.82. The van der Waals surface area contributed by atoms with Gasteiger partial charge in [-0.15, -0.1) is 0 Å². The summed E-state index contributed by atoms with van der Waals surface area (Å²) in [7, 11) is 0. The maximum Gasteiger partial charge on any atom is 0.303 e. The van der Waals surface area contributed by atoms with Gasteiger partial charge in [0.25, 0.3) is 0 Å². The van der Waals surface area contributed by atoms with Gasteiger partial charge >= 0.3 is 5.97 Å². The van der Waals surface area contributed by atoms with Crippen molar-refractivity contribution in [2.24, 2.45) is 34.5 Å². The Labute approximate surface area is 167 Å². The number of ketones is 2. The monoisotopic (exact) mass is 390 g/mol. The van der Waals surface area contributed by atoms with Crippen LogP contribution in [0.25, 0.3) is 0 Å². The summed E-state index contributed by atoms with van der Waals surface area (Å²) >= 11 is 0. The molecular weight excluding hydrogens is 356 g/mol. The van der Waals surface area contributed by atoms with Crippen LogP contribution in [-0.2, 0) is 19.1 Å². The fourth-order valence-electron chi connectivity index (χ4n) is 7.81. The topological polar surface area (TPSA) is 80.7 Å². The summed E-state index contributed by atoms with van der Waals surface area (Å²) < 4.78 is 4.93. The number of esters is 1. The third-order valence-electron chi connectivity index (χ3n) is 9.50. The molecule has 0 heterocycles. The van der Waals surface area contributed by atoms with Crippen molar-refractivity contribution in [3.05, 3.63) is 0 Å². The normalized spacial score (nSPS) is 47.6. The molecule has 4 aliphatic rings. The van der Waals surface area contributed by atoms with Gasteiger partial charge in [0, 0.05) is 25.2 Å². The number of carbonyl (C=O) groups excluding carboxylic acids is 3. The molecule has 1 N–H and O–H groups in total. The van der Waals surface area contributed by atoms with Gasteiger partial charge in [-0.05, 0) is 74.0 Å². The molecule has 0 saturated heterocycles. The molecule has 0 spiro atoms. The number of carbonyl (C=O) groups is 3. The Morgan fingerprint density at radius 3 is 2.50 bits per heavy atom. The fraction of sp³-hybridized carbons (Fsp3) is 0.870. The van der Waals surface area contributed by atoms with Gasteiger partial charge < -0.3 is 9.84 Å². The lowest BCUT2D eigenvalue weighted by Crippen LogP contribution is -2.59. The van der Waals surface area contributed by atoms with Crippen LogP contribution in [0.4, 0.5) is 0 Å². The van der Waals surface area contributed by atoms with E-state index in [2.05, 4.69) is 13.8 Å². The van der Waals surface area contributed by atoms with E-state index >= 15 is 0 Å². The highest BCUT2D eigenvalue weighted by Gasteiger charge is 2.66. The molecule has 4 fully saturated rings. The van der Waals surface area contributed by atoms with Gasteiger partial charge in [-0.1, -0.05) is 13.8 Å². The van der Waals surface area contributed by atoms with Crippen LogP contribution in [0.3, 0.4) is 0 Å². The summed E-state index contributed by atoms with van der Waals surface area (Å²) in [6.45, 7) is 5.45. The predicted molar refractivity (Wildman–Crippen MR) is 103 cm³/mol. The molecule has 0 aliphatic heterocycles. The second-order valence-electron chi connectivity index (χ2n) is 10.5. The van der Waals surface area contributed by atoms with Gasteiger partial charge in [0.1, 0.15) is 11.4 Å². The Kier molecular flexibility index (Phi) is 4.76. The van der Waals surface area contributed by atoms with Gasteiger partial charge in [-0.3, -0.25) is 14.4 Å². The van der Waals surface area contributed by atoms with Gasteiger partial charge in [0.15, 0.2) is 6.61 Å². The lowest BCUT2D eigenvalue weighted by Gasteiger charge is -2.60. The highest BCUT2D eigenvalue weighted by Crippen LogP contribution is 2.68. The molecule has 0 aromatic carbocycles. The number of aliphatic hydroxyl groups is 1. The van der Waals surface area contributed by atoms with Gasteiger partial charge in [0.05, 0.1) is 0 Å². The Morgan fingerprint density at radius 2 is 1.79 bits per heavy atom. The zero-order valence-electron chi connectivity index (χ0n) is 17.5. The molecule has 0 radical (unpaired) electrons. The van der Waals surface area contributed by atoms with Crippen LogP contribution in [0.5, 0.6) is 0 Å². The first-order chi connectivity index (χ1) is 13.1. The summed E-state index contributed by atoms with van der Waals surface area (Å²) in [5, 5.41) is 11.5. The molecule has 0 aromatic heterocycles. The van der Waals surface area contributed by atoms with Crippen LogP contribution in [0.1, 0.15) is 78.6 Å². The highest BCUT2D eigenvalue weighted by atomic mass is 16.5. The molecule has 4 aliphatic carbocycles. The van der Waals surface area contributed by atoms with Crippen molar-refractivity contribution in [1.29, 1.82) is 0 Å². The third-order valence-corrected chi connectivity index (χ3v) is 9.50. The first-order valence-electron chi connectivity index (χ1n) is 11.0. The Hall–Kier alpha value is -1.23. The van der Waals surface area contributed by atoms with E-state index in [0.717, 1.165) is 44.9 Å². The van der Waals surface area contributed by atoms with Crippen molar-refractivity contribution in [3.8, 4) is 0 Å². The van der Waals surface area contributed by atoms with Crippen molar-refractivity contribution in [1.82, 2.24) is 0 Å². The second-order valence-corrected chi connectivity index (χ2v) is 10.5. The first-order valence-corrected chi connectivity index (χ1v) is 11.0. The average molecular weight is 391 g/mol. The molecule has 156 valence electrons. The standard InChI is InChI=1S/C23H34O5/c1-14(24)28-13-20(26)23(27)11-8-19-17-5-4-15-12-16(25)6-9-21(15,2)18(17)7-10-22(19,23)3/h15,17-19,27H,4-13H2,1-3H3/t15-,17+,18+,19+,21-,22-,23-/m0/s1. The Bertz CT molecular complexity index is 701. The zero-order chi connectivity index (χ0) is 20.3. The Morgan fingerprint density at radius 1 is 1.07 bits per heavy atom. The number of Topliss-reactive ketones (excluding diaryl/α,β-unsaturated/α-hetero) is 2. The van der Waals surface area contributed by atoms with Crippen LogP contribution < -0.4 is 0 Å². The van der Waals surface area contributed by atoms with Crippen molar-refractivity contribution < 1.29 is 24.2 Å². The zero-order valence-corrected chi connectivity index (χ0v) is 17.5. The predicted octanol–water partition coefficient (Wildman–Crippen LogP) is 3.46. The quantitative estimate of drug-likeness (QED) is 0.747. The lowest BCUT2D eigenvalue weighted by atomic mass is 9.44. The second kappa shape index (κ2) is 6.65. The number of ether oxygens (including phenoxy) is 1. The summed E-state index contributed by atoms with van der Waals surface area (Å²) in [4.78, 5) is 36.0. The SMILES string of the molecule is CC(=O)OCC(=O)[C@@]1(O)CC[C@@H]2[C@@H]3CC[C@H]4CC(=O)CC[C@]4(C)[C@@H]3CC[C@@]21C. The molecular formula is C23H34O5. The lowest BCUT2D eigenvalue weighted by molar-refractivity contribution is -0.175. The van der Waals surface area contributed by atoms with Crippen LogP contribution in [0.15, 0.2) is 0 Å². The highest BCUT2D eigenvalue weighted by molar-refractivity contribution is 5.91. The maximum absolute atomic E-state index is 12.9. The third kappa shape index (κ3) is 2.72. The van der Waals surface area contributed by atoms with Crippen molar-refractivity contribution in [3.63, 3.8) is 0 Å². The minimum Gasteiger partial charge on any atom is -0.458 e. The van der Waals surface area contributed by atoms with Crippen LogP contribution in [-0.4, -0.2) is 34.9 Å². The van der Waals surface area contributed by atoms with Gasteiger partial charge in [-0.25, -0.2) is 0 Å². The van der Waals surface area contributed by atoms with Crippen molar-refractivity contribution >= 4 is 17.5 Å². The number of fused-ring (bicyclic) bond motifs is 5. The molecule has 0 unspecified atom stereocenters. The van der Waals surface area contributed by atoms with Gasteiger partial charge in [-0.2, -0.15) is 0 Å². The largest absolute Gasteiger partial charge is 0.458 e. The minimum absolute atomic E-state index is 0.223. The van der Waals surface area contributed by atoms with E-state index in [4.69, 9.17) is 4.74 Å². The van der Waals surface area contributed by atoms with Crippen LogP contribution in [0, 0.1) is 34.5 Å². The van der Waals surface area contributed by atoms with E-state index in [-0.39, 0.29) is 17.8 Å². The molecule has 0 aromatic rings. The van der Waals surface area contributed by atoms with Crippen LogP contribution in [0.2, 0.25) is 0 Å².